The lowest BCUT2D eigenvalue weighted by atomic mass is 10.1. The summed E-state index contributed by atoms with van der Waals surface area (Å²) in [5.41, 5.74) is 1.52. The van der Waals surface area contributed by atoms with E-state index in [-0.39, 0.29) is 23.4 Å². The number of ketones is 2. The van der Waals surface area contributed by atoms with Gasteiger partial charge >= 0.3 is 0 Å². The van der Waals surface area contributed by atoms with Gasteiger partial charge in [0.15, 0.2) is 11.6 Å². The van der Waals surface area contributed by atoms with E-state index in [0.29, 0.717) is 119 Å². The lowest BCUT2D eigenvalue weighted by Crippen LogP contribution is -2.15. The van der Waals surface area contributed by atoms with Gasteiger partial charge in [0.25, 0.3) is 0 Å². The minimum absolute atomic E-state index is 0.227. The molecule has 0 spiro atoms. The predicted molar refractivity (Wildman–Crippen MR) is 185 cm³/mol. The van der Waals surface area contributed by atoms with Crippen molar-refractivity contribution in [2.24, 2.45) is 11.8 Å². The summed E-state index contributed by atoms with van der Waals surface area (Å²) in [5, 5.41) is 0. The first-order valence-corrected chi connectivity index (χ1v) is 17.9. The summed E-state index contributed by atoms with van der Waals surface area (Å²) in [4.78, 5) is 24.1. The molecule has 0 unspecified atom stereocenters. The Morgan fingerprint density at radius 1 is 0.360 bits per heavy atom. The van der Waals surface area contributed by atoms with E-state index in [9.17, 15) is 9.59 Å². The molecule has 2 fully saturated rings. The van der Waals surface area contributed by atoms with Crippen LogP contribution >= 0.6 is 0 Å². The van der Waals surface area contributed by atoms with Crippen molar-refractivity contribution in [3.05, 3.63) is 59.7 Å². The Balaban J connectivity index is 0.781. The minimum Gasteiger partial charge on any atom is -0.491 e. The first-order chi connectivity index (χ1) is 24.7. The topological polar surface area (TPSA) is 126 Å². The Kier molecular flexibility index (Phi) is 20.0. The molecule has 2 aromatic carbocycles. The molecule has 2 saturated carbocycles. The van der Waals surface area contributed by atoms with Gasteiger partial charge in [-0.1, -0.05) is 0 Å². The Bertz CT molecular complexity index is 1090. The van der Waals surface area contributed by atoms with Crippen molar-refractivity contribution < 1.29 is 57.0 Å². The summed E-state index contributed by atoms with van der Waals surface area (Å²) >= 11 is 0. The number of ether oxygens (including phenoxy) is 10. The molecule has 0 atom stereocenters. The monoisotopic (exact) mass is 702 g/mol. The predicted octanol–water partition coefficient (Wildman–Crippen LogP) is 4.46. The quantitative estimate of drug-likeness (QED) is 0.0770. The number of Topliss-reactive ketones (excluding diaryl/α,β-unsaturated/α-hetero) is 2. The number of carbonyl (C=O) groups is 2. The van der Waals surface area contributed by atoms with E-state index in [0.717, 1.165) is 48.3 Å². The van der Waals surface area contributed by atoms with Crippen molar-refractivity contribution in [1.29, 1.82) is 0 Å². The van der Waals surface area contributed by atoms with Crippen LogP contribution in [0.4, 0.5) is 0 Å². The number of carbonyl (C=O) groups excluding carboxylic acids is 2. The van der Waals surface area contributed by atoms with Crippen molar-refractivity contribution >= 4 is 11.6 Å². The van der Waals surface area contributed by atoms with E-state index in [2.05, 4.69) is 0 Å². The van der Waals surface area contributed by atoms with Crippen LogP contribution in [0.2, 0.25) is 0 Å². The molecular weight excluding hydrogens is 648 g/mol. The minimum atomic E-state index is 0.227. The second-order valence-electron chi connectivity index (χ2n) is 11.9. The van der Waals surface area contributed by atoms with Crippen LogP contribution in [0, 0.1) is 11.8 Å². The van der Waals surface area contributed by atoms with Gasteiger partial charge in [-0.25, -0.2) is 0 Å². The van der Waals surface area contributed by atoms with Gasteiger partial charge in [-0.2, -0.15) is 0 Å². The van der Waals surface area contributed by atoms with Crippen molar-refractivity contribution in [3.63, 3.8) is 0 Å². The van der Waals surface area contributed by atoms with Gasteiger partial charge in [-0.3, -0.25) is 9.59 Å². The Labute approximate surface area is 295 Å². The third kappa shape index (κ3) is 17.8. The van der Waals surface area contributed by atoms with E-state index >= 15 is 0 Å². The van der Waals surface area contributed by atoms with Gasteiger partial charge in [-0.05, 0) is 74.2 Å². The molecule has 0 bridgehead atoms. The fourth-order valence-electron chi connectivity index (χ4n) is 4.67. The lowest BCUT2D eigenvalue weighted by Gasteiger charge is -2.09. The van der Waals surface area contributed by atoms with E-state index < -0.39 is 0 Å². The maximum atomic E-state index is 12.0. The lowest BCUT2D eigenvalue weighted by molar-refractivity contribution is -0.0241. The number of hydrogen-bond donors (Lipinski definition) is 0. The van der Waals surface area contributed by atoms with Crippen molar-refractivity contribution in [3.8, 4) is 11.5 Å². The molecule has 0 saturated heterocycles. The highest BCUT2D eigenvalue weighted by molar-refractivity contribution is 5.99. The van der Waals surface area contributed by atoms with Crippen LogP contribution in [0.1, 0.15) is 46.4 Å². The number of benzene rings is 2. The number of rotatable bonds is 33. The molecule has 0 heterocycles. The zero-order valence-electron chi connectivity index (χ0n) is 29.2. The summed E-state index contributed by atoms with van der Waals surface area (Å²) in [5.74, 6) is 2.39. The van der Waals surface area contributed by atoms with Crippen molar-refractivity contribution in [2.75, 3.05) is 119 Å². The normalized spacial score (nSPS) is 14.2. The van der Waals surface area contributed by atoms with Gasteiger partial charge in [0.05, 0.1) is 106 Å². The molecule has 0 amide bonds. The van der Waals surface area contributed by atoms with Crippen LogP contribution in [0.5, 0.6) is 11.5 Å². The van der Waals surface area contributed by atoms with Crippen LogP contribution in [0.3, 0.4) is 0 Å². The van der Waals surface area contributed by atoms with E-state index in [1.54, 1.807) is 0 Å². The summed E-state index contributed by atoms with van der Waals surface area (Å²) in [6.45, 7) is 8.67. The smallest absolute Gasteiger partial charge is 0.165 e. The highest BCUT2D eigenvalue weighted by Gasteiger charge is 2.30. The molecular formula is C38H54O12. The zero-order chi connectivity index (χ0) is 34.9. The average Bonchev–Trinajstić information content (AvgIpc) is 4.07. The van der Waals surface area contributed by atoms with Gasteiger partial charge in [0, 0.05) is 23.0 Å². The molecule has 12 nitrogen and oxygen atoms in total. The Morgan fingerprint density at radius 2 is 0.580 bits per heavy atom. The van der Waals surface area contributed by atoms with E-state index in [1.807, 2.05) is 48.5 Å². The standard InChI is InChI=1S/C38H54O12/c39-37(31-1-2-31)33-5-9-35(10-6-33)49-29-27-47-25-23-45-21-19-43-17-15-41-13-14-42-16-18-44-20-22-46-24-26-48-28-30-50-36-11-7-34(8-12-36)38(40)32-3-4-32/h5-12,31-32H,1-4,13-30H2. The Morgan fingerprint density at radius 3 is 0.800 bits per heavy atom. The molecule has 0 radical (unpaired) electrons. The number of hydrogen-bond acceptors (Lipinski definition) is 12. The SMILES string of the molecule is O=C(c1ccc(OCCOCCOCCOCCOCCOCCOCCOCCOCCOc2ccc(C(=O)C3CC3)cc2)cc1)C1CC1. The molecule has 0 aliphatic heterocycles. The first-order valence-electron chi connectivity index (χ1n) is 17.9. The summed E-state index contributed by atoms with van der Waals surface area (Å²) < 4.78 is 55.3. The van der Waals surface area contributed by atoms with Crippen LogP contribution in [0.25, 0.3) is 0 Å². The van der Waals surface area contributed by atoms with Gasteiger partial charge in [-0.15, -0.1) is 0 Å². The largest absolute Gasteiger partial charge is 0.491 e. The van der Waals surface area contributed by atoms with Crippen molar-refractivity contribution in [2.45, 2.75) is 25.7 Å². The molecule has 2 aromatic rings. The first kappa shape index (κ1) is 39.8. The summed E-state index contributed by atoms with van der Waals surface area (Å²) in [6, 6.07) is 14.6. The highest BCUT2D eigenvalue weighted by Crippen LogP contribution is 2.33. The molecule has 2 aliphatic rings. The molecule has 278 valence electrons. The second kappa shape index (κ2) is 25.1. The molecule has 0 aromatic heterocycles. The van der Waals surface area contributed by atoms with Gasteiger partial charge in [0.1, 0.15) is 24.7 Å². The molecule has 12 heteroatoms. The third-order valence-corrected chi connectivity index (χ3v) is 7.77. The van der Waals surface area contributed by atoms with Gasteiger partial charge < -0.3 is 47.4 Å². The highest BCUT2D eigenvalue weighted by atomic mass is 16.6. The fourth-order valence-corrected chi connectivity index (χ4v) is 4.67. The van der Waals surface area contributed by atoms with Crippen LogP contribution < -0.4 is 9.47 Å². The summed E-state index contributed by atoms with van der Waals surface area (Å²) in [7, 11) is 0. The van der Waals surface area contributed by atoms with E-state index in [1.165, 1.54) is 0 Å². The van der Waals surface area contributed by atoms with Crippen LogP contribution in [-0.2, 0) is 37.9 Å². The fraction of sp³-hybridized carbons (Fsp3) is 0.632. The molecule has 4 rings (SSSR count). The molecule has 2 aliphatic carbocycles. The van der Waals surface area contributed by atoms with E-state index in [4.69, 9.17) is 47.4 Å². The maximum Gasteiger partial charge on any atom is 0.165 e. The second-order valence-corrected chi connectivity index (χ2v) is 11.9. The zero-order valence-corrected chi connectivity index (χ0v) is 29.2. The van der Waals surface area contributed by atoms with Gasteiger partial charge in [0.2, 0.25) is 0 Å². The summed E-state index contributed by atoms with van der Waals surface area (Å²) in [6.07, 6.45) is 4.04. The Hall–Kier alpha value is -2.94. The third-order valence-electron chi connectivity index (χ3n) is 7.77. The maximum absolute atomic E-state index is 12.0. The van der Waals surface area contributed by atoms with Crippen LogP contribution in [-0.4, -0.2) is 130 Å². The van der Waals surface area contributed by atoms with Crippen LogP contribution in [0.15, 0.2) is 48.5 Å². The molecule has 50 heavy (non-hydrogen) atoms. The van der Waals surface area contributed by atoms with Crippen molar-refractivity contribution in [1.82, 2.24) is 0 Å². The molecule has 0 N–H and O–H groups in total. The average molecular weight is 703 g/mol.